The maximum absolute atomic E-state index is 12.6. The molecule has 8 heteroatoms. The van der Waals surface area contributed by atoms with Crippen molar-refractivity contribution in [3.05, 3.63) is 70.8 Å². The van der Waals surface area contributed by atoms with Crippen LogP contribution < -0.4 is 5.32 Å². The van der Waals surface area contributed by atoms with Gasteiger partial charge < -0.3 is 4.74 Å². The minimum Gasteiger partial charge on any atom is -0.454 e. The van der Waals surface area contributed by atoms with Gasteiger partial charge in [0.2, 0.25) is 5.13 Å². The molecule has 3 aromatic rings. The lowest BCUT2D eigenvalue weighted by Crippen LogP contribution is -2.23. The number of benzene rings is 2. The molecule has 1 amide bonds. The number of fused-ring (bicyclic) bond motifs is 1. The van der Waals surface area contributed by atoms with Crippen LogP contribution in [0.2, 0.25) is 0 Å². The lowest BCUT2D eigenvalue weighted by atomic mass is 9.93. The first kappa shape index (κ1) is 18.6. The third-order valence-corrected chi connectivity index (χ3v) is 6.16. The summed E-state index contributed by atoms with van der Waals surface area (Å²) < 4.78 is 6.38. The molecule has 0 aliphatic carbocycles. The number of ether oxygens (including phenoxy) is 1. The Morgan fingerprint density at radius 1 is 1.25 bits per heavy atom. The molecule has 1 aromatic heterocycles. The Bertz CT molecular complexity index is 1020. The Hall–Kier alpha value is -2.71. The molecule has 2 heterocycles. The van der Waals surface area contributed by atoms with Gasteiger partial charge in [-0.25, -0.2) is 4.79 Å². The molecule has 0 bridgehead atoms. The minimum atomic E-state index is -0.368. The summed E-state index contributed by atoms with van der Waals surface area (Å²) in [6.07, 6.45) is 0.179. The van der Waals surface area contributed by atoms with Gasteiger partial charge in [-0.3, -0.25) is 10.1 Å². The first-order valence-corrected chi connectivity index (χ1v) is 10.6. The van der Waals surface area contributed by atoms with Gasteiger partial charge in [-0.15, -0.1) is 10.2 Å². The van der Waals surface area contributed by atoms with Crippen molar-refractivity contribution in [3.63, 3.8) is 0 Å². The second-order valence-corrected chi connectivity index (χ2v) is 8.63. The summed E-state index contributed by atoms with van der Waals surface area (Å²) >= 11 is 2.92. The maximum Gasteiger partial charge on any atom is 0.339 e. The van der Waals surface area contributed by atoms with Crippen LogP contribution in [0.1, 0.15) is 44.9 Å². The van der Waals surface area contributed by atoms with E-state index in [4.69, 9.17) is 4.74 Å². The maximum atomic E-state index is 12.6. The van der Waals surface area contributed by atoms with Crippen LogP contribution in [0.4, 0.5) is 5.13 Å². The molecule has 1 aliphatic heterocycles. The van der Waals surface area contributed by atoms with Crippen LogP contribution >= 0.6 is 23.1 Å². The molecule has 0 unspecified atom stereocenters. The van der Waals surface area contributed by atoms with E-state index in [0.717, 1.165) is 21.2 Å². The zero-order valence-corrected chi connectivity index (χ0v) is 16.7. The highest BCUT2D eigenvalue weighted by Gasteiger charge is 2.28. The van der Waals surface area contributed by atoms with E-state index in [1.54, 1.807) is 30.0 Å². The largest absolute Gasteiger partial charge is 0.454 e. The van der Waals surface area contributed by atoms with E-state index in [0.29, 0.717) is 22.7 Å². The summed E-state index contributed by atoms with van der Waals surface area (Å²) in [6, 6.07) is 14.6. The average Bonchev–Trinajstić information content (AvgIpc) is 3.15. The van der Waals surface area contributed by atoms with Crippen molar-refractivity contribution in [2.45, 2.75) is 23.8 Å². The number of esters is 1. The SMILES string of the molecule is CCSc1nnc(NC(=O)c2ccc3c(c2)C[C@@H](c2ccccc2)OC3=O)s1. The number of nitrogens with one attached hydrogen (secondary N) is 1. The van der Waals surface area contributed by atoms with Crippen LogP contribution in [0.3, 0.4) is 0 Å². The molecule has 0 fully saturated rings. The van der Waals surface area contributed by atoms with E-state index in [1.165, 1.54) is 11.3 Å². The normalized spacial score (nSPS) is 15.6. The highest BCUT2D eigenvalue weighted by molar-refractivity contribution is 8.01. The predicted octanol–water partition coefficient (Wildman–Crippen LogP) is 4.36. The number of nitrogens with zero attached hydrogens (tertiary/aromatic N) is 2. The number of amides is 1. The van der Waals surface area contributed by atoms with E-state index in [1.807, 2.05) is 37.3 Å². The second kappa shape index (κ2) is 8.12. The van der Waals surface area contributed by atoms with Crippen molar-refractivity contribution in [1.29, 1.82) is 0 Å². The van der Waals surface area contributed by atoms with Gasteiger partial charge in [-0.05, 0) is 35.1 Å². The summed E-state index contributed by atoms with van der Waals surface area (Å²) in [5, 5.41) is 11.3. The number of hydrogen-bond acceptors (Lipinski definition) is 7. The van der Waals surface area contributed by atoms with Crippen molar-refractivity contribution >= 4 is 40.1 Å². The number of aromatic nitrogens is 2. The number of rotatable bonds is 5. The lowest BCUT2D eigenvalue weighted by Gasteiger charge is -2.25. The highest BCUT2D eigenvalue weighted by Crippen LogP contribution is 2.31. The topological polar surface area (TPSA) is 81.2 Å². The molecule has 0 saturated heterocycles. The Balaban J connectivity index is 1.54. The summed E-state index contributed by atoms with van der Waals surface area (Å²) in [4.78, 5) is 25.0. The summed E-state index contributed by atoms with van der Waals surface area (Å²) in [5.41, 5.74) is 2.71. The molecule has 4 rings (SSSR count). The first-order valence-electron chi connectivity index (χ1n) is 8.80. The fraction of sp³-hybridized carbons (Fsp3) is 0.200. The van der Waals surface area contributed by atoms with Gasteiger partial charge in [0.25, 0.3) is 5.91 Å². The van der Waals surface area contributed by atoms with Gasteiger partial charge in [0.05, 0.1) is 5.56 Å². The zero-order chi connectivity index (χ0) is 19.5. The summed E-state index contributed by atoms with van der Waals surface area (Å²) in [6.45, 7) is 2.03. The fourth-order valence-corrected chi connectivity index (χ4v) is 4.65. The van der Waals surface area contributed by atoms with Crippen LogP contribution in [-0.2, 0) is 11.2 Å². The average molecular weight is 412 g/mol. The van der Waals surface area contributed by atoms with Gasteiger partial charge in [0, 0.05) is 12.0 Å². The molecule has 2 aromatic carbocycles. The summed E-state index contributed by atoms with van der Waals surface area (Å²) in [5.74, 6) is 0.251. The standard InChI is InChI=1S/C20H17N3O3S2/c1-2-27-20-23-22-19(28-20)21-17(24)13-8-9-15-14(10-13)11-16(26-18(15)25)12-6-4-3-5-7-12/h3-10,16H,2,11H2,1H3,(H,21,22,24)/t16-/m0/s1. The van der Waals surface area contributed by atoms with E-state index in [-0.39, 0.29) is 18.0 Å². The first-order chi connectivity index (χ1) is 13.6. The molecule has 1 atom stereocenters. The molecule has 0 saturated carbocycles. The Morgan fingerprint density at radius 2 is 2.07 bits per heavy atom. The molecule has 0 spiro atoms. The van der Waals surface area contributed by atoms with Gasteiger partial charge in [-0.1, -0.05) is 60.4 Å². The van der Waals surface area contributed by atoms with Crippen LogP contribution in [0, 0.1) is 0 Å². The van der Waals surface area contributed by atoms with Crippen molar-refractivity contribution < 1.29 is 14.3 Å². The zero-order valence-electron chi connectivity index (χ0n) is 15.0. The molecule has 1 aliphatic rings. The third kappa shape index (κ3) is 3.93. The van der Waals surface area contributed by atoms with Crippen molar-refractivity contribution in [2.24, 2.45) is 0 Å². The van der Waals surface area contributed by atoms with Crippen LogP contribution in [0.5, 0.6) is 0 Å². The smallest absolute Gasteiger partial charge is 0.339 e. The molecule has 1 N–H and O–H groups in total. The van der Waals surface area contributed by atoms with Gasteiger partial charge >= 0.3 is 5.97 Å². The van der Waals surface area contributed by atoms with Gasteiger partial charge in [-0.2, -0.15) is 0 Å². The Kier molecular flexibility index (Phi) is 5.40. The molecule has 0 radical (unpaired) electrons. The molecular weight excluding hydrogens is 394 g/mol. The third-order valence-electron chi connectivity index (χ3n) is 4.31. The highest BCUT2D eigenvalue weighted by atomic mass is 32.2. The minimum absolute atomic E-state index is 0.276. The predicted molar refractivity (Wildman–Crippen MR) is 109 cm³/mol. The monoisotopic (exact) mass is 411 g/mol. The molecular formula is C20H17N3O3S2. The number of carbonyl (C=O) groups excluding carboxylic acids is 2. The Labute approximate surface area is 170 Å². The number of hydrogen-bond donors (Lipinski definition) is 1. The lowest BCUT2D eigenvalue weighted by molar-refractivity contribution is 0.0252. The van der Waals surface area contributed by atoms with Crippen molar-refractivity contribution in [1.82, 2.24) is 10.2 Å². The molecule has 28 heavy (non-hydrogen) atoms. The van der Waals surface area contributed by atoms with Crippen LogP contribution in [0.25, 0.3) is 0 Å². The van der Waals surface area contributed by atoms with E-state index in [9.17, 15) is 9.59 Å². The van der Waals surface area contributed by atoms with E-state index >= 15 is 0 Å². The second-order valence-electron chi connectivity index (χ2n) is 6.14. The number of cyclic esters (lactones) is 1. The number of anilines is 1. The van der Waals surface area contributed by atoms with Gasteiger partial charge in [0.1, 0.15) is 6.10 Å². The fourth-order valence-electron chi connectivity index (χ4n) is 3.00. The molecule has 142 valence electrons. The quantitative estimate of drug-likeness (QED) is 0.382. The number of carbonyl (C=O) groups is 2. The summed E-state index contributed by atoms with van der Waals surface area (Å²) in [7, 11) is 0. The van der Waals surface area contributed by atoms with Crippen molar-refractivity contribution in [2.75, 3.05) is 11.1 Å². The van der Waals surface area contributed by atoms with Crippen molar-refractivity contribution in [3.8, 4) is 0 Å². The van der Waals surface area contributed by atoms with Crippen LogP contribution in [-0.4, -0.2) is 27.8 Å². The van der Waals surface area contributed by atoms with Crippen LogP contribution in [0.15, 0.2) is 52.9 Å². The van der Waals surface area contributed by atoms with E-state index in [2.05, 4.69) is 15.5 Å². The number of thioether (sulfide) groups is 1. The van der Waals surface area contributed by atoms with Gasteiger partial charge in [0.15, 0.2) is 4.34 Å². The Morgan fingerprint density at radius 3 is 2.86 bits per heavy atom. The van der Waals surface area contributed by atoms with E-state index < -0.39 is 0 Å². The molecule has 6 nitrogen and oxygen atoms in total.